The monoisotopic (exact) mass is 361 g/mol. The molecule has 26 heavy (non-hydrogen) atoms. The van der Waals surface area contributed by atoms with Gasteiger partial charge in [-0.3, -0.25) is 9.78 Å². The molecule has 0 amide bonds. The second-order valence-corrected chi connectivity index (χ2v) is 6.44. The molecule has 1 N–H and O–H groups in total. The van der Waals surface area contributed by atoms with Gasteiger partial charge in [0.15, 0.2) is 5.82 Å². The van der Waals surface area contributed by atoms with Crippen LogP contribution in [0.1, 0.15) is 16.1 Å². The molecule has 0 atom stereocenters. The molecule has 0 unspecified atom stereocenters. The number of nitrogens with zero attached hydrogens (tertiary/aromatic N) is 4. The molecule has 0 radical (unpaired) electrons. The molecule has 4 rings (SSSR count). The molecule has 0 aliphatic carbocycles. The normalized spacial score (nSPS) is 10.6. The molecule has 4 aromatic rings. The van der Waals surface area contributed by atoms with Gasteiger partial charge >= 0.3 is 0 Å². The van der Waals surface area contributed by atoms with Gasteiger partial charge in [-0.25, -0.2) is 0 Å². The Morgan fingerprint density at radius 3 is 2.62 bits per heavy atom. The summed E-state index contributed by atoms with van der Waals surface area (Å²) in [4.78, 5) is 22.6. The third-order valence-corrected chi connectivity index (χ3v) is 4.58. The lowest BCUT2D eigenvalue weighted by Gasteiger charge is -2.06. The summed E-state index contributed by atoms with van der Waals surface area (Å²) in [6, 6.07) is 18.6. The van der Waals surface area contributed by atoms with Crippen molar-refractivity contribution >= 4 is 23.2 Å². The first-order valence-corrected chi connectivity index (χ1v) is 8.94. The minimum Gasteiger partial charge on any atom is -0.348 e. The zero-order chi connectivity index (χ0) is 17.8. The van der Waals surface area contributed by atoms with Crippen molar-refractivity contribution in [1.82, 2.24) is 19.7 Å². The largest absolute Gasteiger partial charge is 0.348 e. The third-order valence-electron chi connectivity index (χ3n) is 3.72. The predicted molar refractivity (Wildman–Crippen MR) is 101 cm³/mol. The zero-order valence-corrected chi connectivity index (χ0v) is 14.6. The van der Waals surface area contributed by atoms with Crippen LogP contribution in [-0.4, -0.2) is 25.7 Å². The van der Waals surface area contributed by atoms with E-state index >= 15 is 0 Å². The number of aromatic nitrogens is 4. The highest BCUT2D eigenvalue weighted by Gasteiger charge is 2.19. The van der Waals surface area contributed by atoms with E-state index in [1.165, 1.54) is 16.0 Å². The number of hydrogen-bond acceptors (Lipinski definition) is 6. The number of hydrogen-bond donors (Lipinski definition) is 1. The zero-order valence-electron chi connectivity index (χ0n) is 13.7. The number of pyridine rings is 1. The molecule has 0 bridgehead atoms. The lowest BCUT2D eigenvalue weighted by Crippen LogP contribution is -2.17. The van der Waals surface area contributed by atoms with Crippen LogP contribution in [0.4, 0.5) is 5.95 Å². The predicted octanol–water partition coefficient (Wildman–Crippen LogP) is 3.70. The Kier molecular flexibility index (Phi) is 4.53. The van der Waals surface area contributed by atoms with E-state index in [1.807, 2.05) is 53.9 Å². The second-order valence-electron chi connectivity index (χ2n) is 5.49. The molecule has 7 heteroatoms. The van der Waals surface area contributed by atoms with E-state index in [0.717, 1.165) is 10.6 Å². The van der Waals surface area contributed by atoms with Crippen molar-refractivity contribution in [3.05, 3.63) is 83.5 Å². The SMILES string of the molecule is O=C(c1ccccc1)n1nc(-c2cccs2)nc1NCc1ccccn1. The summed E-state index contributed by atoms with van der Waals surface area (Å²) < 4.78 is 1.31. The molecule has 3 aromatic heterocycles. The first kappa shape index (κ1) is 16.2. The van der Waals surface area contributed by atoms with E-state index in [2.05, 4.69) is 20.4 Å². The average Bonchev–Trinajstić information content (AvgIpc) is 3.37. The molecule has 0 saturated carbocycles. The maximum Gasteiger partial charge on any atom is 0.281 e. The van der Waals surface area contributed by atoms with Crippen molar-refractivity contribution in [3.63, 3.8) is 0 Å². The molecule has 3 heterocycles. The van der Waals surface area contributed by atoms with Gasteiger partial charge in [0.25, 0.3) is 5.91 Å². The molecule has 0 saturated heterocycles. The Morgan fingerprint density at radius 1 is 1.04 bits per heavy atom. The van der Waals surface area contributed by atoms with E-state index in [9.17, 15) is 4.79 Å². The highest BCUT2D eigenvalue weighted by molar-refractivity contribution is 7.13. The summed E-state index contributed by atoms with van der Waals surface area (Å²) in [6.07, 6.45) is 1.73. The highest BCUT2D eigenvalue weighted by Crippen LogP contribution is 2.23. The lowest BCUT2D eigenvalue weighted by molar-refractivity contribution is 0.0947. The number of anilines is 1. The lowest BCUT2D eigenvalue weighted by atomic mass is 10.2. The van der Waals surface area contributed by atoms with Crippen LogP contribution in [0.5, 0.6) is 0 Å². The van der Waals surface area contributed by atoms with E-state index in [0.29, 0.717) is 23.9 Å². The van der Waals surface area contributed by atoms with Gasteiger partial charge in [-0.1, -0.05) is 30.3 Å². The standard InChI is InChI=1S/C19H15N5OS/c25-18(14-7-2-1-3-8-14)24-19(21-13-15-9-4-5-11-20-15)22-17(23-24)16-10-6-12-26-16/h1-12H,13H2,(H,21,22,23). The topological polar surface area (TPSA) is 72.7 Å². The molecule has 6 nitrogen and oxygen atoms in total. The minimum absolute atomic E-state index is 0.232. The molecule has 0 fully saturated rings. The van der Waals surface area contributed by atoms with Crippen LogP contribution in [0.15, 0.2) is 72.2 Å². The molecular formula is C19H15N5OS. The Morgan fingerprint density at radius 2 is 1.88 bits per heavy atom. The van der Waals surface area contributed by atoms with Gasteiger partial charge in [0.1, 0.15) is 0 Å². The Bertz CT molecular complexity index is 997. The summed E-state index contributed by atoms with van der Waals surface area (Å²) in [5, 5.41) is 9.55. The van der Waals surface area contributed by atoms with E-state index < -0.39 is 0 Å². The van der Waals surface area contributed by atoms with Crippen molar-refractivity contribution in [1.29, 1.82) is 0 Å². The molecule has 0 aliphatic rings. The van der Waals surface area contributed by atoms with Gasteiger partial charge in [0.2, 0.25) is 5.95 Å². The van der Waals surface area contributed by atoms with Crippen LogP contribution >= 0.6 is 11.3 Å². The van der Waals surface area contributed by atoms with E-state index in [4.69, 9.17) is 0 Å². The molecule has 1 aromatic carbocycles. The summed E-state index contributed by atoms with van der Waals surface area (Å²) in [5.74, 6) is 0.685. The quantitative estimate of drug-likeness (QED) is 0.587. The third kappa shape index (κ3) is 3.38. The fourth-order valence-corrected chi connectivity index (χ4v) is 3.11. The smallest absolute Gasteiger partial charge is 0.281 e. The van der Waals surface area contributed by atoms with Crippen LogP contribution in [-0.2, 0) is 6.54 Å². The fraction of sp³-hybridized carbons (Fsp3) is 0.0526. The molecule has 0 spiro atoms. The van der Waals surface area contributed by atoms with Gasteiger partial charge in [0, 0.05) is 11.8 Å². The van der Waals surface area contributed by atoms with Crippen molar-refractivity contribution in [2.45, 2.75) is 6.54 Å². The minimum atomic E-state index is -0.232. The maximum absolute atomic E-state index is 12.9. The first-order valence-electron chi connectivity index (χ1n) is 8.06. The van der Waals surface area contributed by atoms with Gasteiger partial charge in [0.05, 0.1) is 17.1 Å². The summed E-state index contributed by atoms with van der Waals surface area (Å²) >= 11 is 1.53. The average molecular weight is 361 g/mol. The first-order chi connectivity index (χ1) is 12.8. The maximum atomic E-state index is 12.9. The van der Waals surface area contributed by atoms with Crippen molar-refractivity contribution in [2.75, 3.05) is 5.32 Å². The molecule has 128 valence electrons. The number of thiophene rings is 1. The Labute approximate surface area is 154 Å². The van der Waals surface area contributed by atoms with Crippen molar-refractivity contribution in [3.8, 4) is 10.7 Å². The number of carbonyl (C=O) groups excluding carboxylic acids is 1. The van der Waals surface area contributed by atoms with Crippen LogP contribution < -0.4 is 5.32 Å². The second kappa shape index (κ2) is 7.28. The number of rotatable bonds is 5. The fourth-order valence-electron chi connectivity index (χ4n) is 2.45. The number of benzene rings is 1. The number of nitrogens with one attached hydrogen (secondary N) is 1. The summed E-state index contributed by atoms with van der Waals surface area (Å²) in [5.41, 5.74) is 1.41. The number of carbonyl (C=O) groups is 1. The van der Waals surface area contributed by atoms with Gasteiger partial charge < -0.3 is 5.32 Å². The van der Waals surface area contributed by atoms with Gasteiger partial charge in [-0.2, -0.15) is 9.67 Å². The summed E-state index contributed by atoms with van der Waals surface area (Å²) in [6.45, 7) is 0.450. The molecule has 0 aliphatic heterocycles. The van der Waals surface area contributed by atoms with Gasteiger partial charge in [-0.05, 0) is 35.7 Å². The summed E-state index contributed by atoms with van der Waals surface area (Å²) in [7, 11) is 0. The van der Waals surface area contributed by atoms with Crippen molar-refractivity contribution < 1.29 is 4.79 Å². The molecular weight excluding hydrogens is 346 g/mol. The van der Waals surface area contributed by atoms with Crippen molar-refractivity contribution in [2.24, 2.45) is 0 Å². The van der Waals surface area contributed by atoms with Crippen LogP contribution in [0.2, 0.25) is 0 Å². The van der Waals surface area contributed by atoms with Crippen LogP contribution in [0, 0.1) is 0 Å². The van der Waals surface area contributed by atoms with E-state index in [-0.39, 0.29) is 5.91 Å². The van der Waals surface area contributed by atoms with Crippen LogP contribution in [0.3, 0.4) is 0 Å². The van der Waals surface area contributed by atoms with E-state index in [1.54, 1.807) is 18.3 Å². The Balaban J connectivity index is 1.67. The highest BCUT2D eigenvalue weighted by atomic mass is 32.1. The Hall–Kier alpha value is -3.32. The van der Waals surface area contributed by atoms with Crippen LogP contribution in [0.25, 0.3) is 10.7 Å². The van der Waals surface area contributed by atoms with Gasteiger partial charge in [-0.15, -0.1) is 16.4 Å².